The zero-order valence-electron chi connectivity index (χ0n) is 21.4. The summed E-state index contributed by atoms with van der Waals surface area (Å²) in [7, 11) is 0. The van der Waals surface area contributed by atoms with Gasteiger partial charge in [0.25, 0.3) is 0 Å². The van der Waals surface area contributed by atoms with Crippen molar-refractivity contribution >= 4 is 39.6 Å². The van der Waals surface area contributed by atoms with Gasteiger partial charge in [0.05, 0.1) is 12.3 Å². The van der Waals surface area contributed by atoms with E-state index < -0.39 is 5.97 Å². The molecule has 0 bridgehead atoms. The number of carbonyl (C=O) groups is 1. The van der Waals surface area contributed by atoms with Gasteiger partial charge >= 0.3 is 5.97 Å². The molecule has 0 saturated carbocycles. The summed E-state index contributed by atoms with van der Waals surface area (Å²) in [6.45, 7) is 10.0. The normalized spacial score (nSPS) is 11.2. The zero-order chi connectivity index (χ0) is 26.4. The van der Waals surface area contributed by atoms with E-state index in [4.69, 9.17) is 14.5 Å². The van der Waals surface area contributed by atoms with E-state index in [-0.39, 0.29) is 11.4 Å². The fourth-order valence-electron chi connectivity index (χ4n) is 3.86. The Balaban J connectivity index is 1.62. The minimum Gasteiger partial charge on any atom is -0.491 e. The Morgan fingerprint density at radius 2 is 2.00 bits per heavy atom. The standard InChI is InChI=1S/C28H31N3O4S2/c1-5-34-10-11-35-22-9-8-19(14-18(22)4)25-24(13-17(2)3)37-28(30-25)31-26-21(27(32)33)15-20(16-29-26)23-7-6-12-36-23/h6-9,12,14-17H,5,10-11,13H2,1-4H3,(H,32,33)(H,29,30,31). The Morgan fingerprint density at radius 3 is 2.68 bits per heavy atom. The number of aromatic nitrogens is 2. The van der Waals surface area contributed by atoms with Gasteiger partial charge in [-0.15, -0.1) is 22.7 Å². The van der Waals surface area contributed by atoms with E-state index in [1.165, 1.54) is 11.3 Å². The smallest absolute Gasteiger partial charge is 0.339 e. The van der Waals surface area contributed by atoms with Crippen molar-refractivity contribution in [3.63, 3.8) is 0 Å². The predicted molar refractivity (Wildman–Crippen MR) is 151 cm³/mol. The molecule has 0 saturated heterocycles. The third kappa shape index (κ3) is 6.74. The van der Waals surface area contributed by atoms with Gasteiger partial charge in [0.15, 0.2) is 5.13 Å². The van der Waals surface area contributed by atoms with Crippen LogP contribution in [0, 0.1) is 12.8 Å². The Hall–Kier alpha value is -3.27. The number of nitrogens with zero attached hydrogens (tertiary/aromatic N) is 2. The number of hydrogen-bond acceptors (Lipinski definition) is 8. The summed E-state index contributed by atoms with van der Waals surface area (Å²) in [5.74, 6) is 0.497. The summed E-state index contributed by atoms with van der Waals surface area (Å²) >= 11 is 3.07. The van der Waals surface area contributed by atoms with Crippen LogP contribution in [-0.4, -0.2) is 40.9 Å². The molecule has 0 spiro atoms. The van der Waals surface area contributed by atoms with Crippen LogP contribution in [0.2, 0.25) is 0 Å². The number of carboxylic acids is 1. The summed E-state index contributed by atoms with van der Waals surface area (Å²) in [5, 5.41) is 15.6. The highest BCUT2D eigenvalue weighted by Gasteiger charge is 2.19. The van der Waals surface area contributed by atoms with Gasteiger partial charge < -0.3 is 19.9 Å². The number of thiophene rings is 1. The summed E-state index contributed by atoms with van der Waals surface area (Å²) in [6.07, 6.45) is 2.55. The number of aryl methyl sites for hydroxylation is 1. The molecule has 37 heavy (non-hydrogen) atoms. The first-order valence-corrected chi connectivity index (χ1v) is 13.9. The highest BCUT2D eigenvalue weighted by molar-refractivity contribution is 7.16. The molecule has 0 atom stereocenters. The van der Waals surface area contributed by atoms with Gasteiger partial charge in [0.1, 0.15) is 23.7 Å². The third-order valence-electron chi connectivity index (χ3n) is 5.58. The molecular weight excluding hydrogens is 506 g/mol. The molecule has 0 radical (unpaired) electrons. The zero-order valence-corrected chi connectivity index (χ0v) is 23.0. The molecule has 2 N–H and O–H groups in total. The number of benzene rings is 1. The van der Waals surface area contributed by atoms with Crippen molar-refractivity contribution in [1.29, 1.82) is 0 Å². The minimum atomic E-state index is -1.04. The number of carboxylic acid groups (broad SMARTS) is 1. The molecule has 7 nitrogen and oxygen atoms in total. The number of rotatable bonds is 12. The van der Waals surface area contributed by atoms with Crippen LogP contribution in [0.5, 0.6) is 5.75 Å². The quantitative estimate of drug-likeness (QED) is 0.183. The summed E-state index contributed by atoms with van der Waals surface area (Å²) < 4.78 is 11.2. The van der Waals surface area contributed by atoms with Gasteiger partial charge in [-0.2, -0.15) is 0 Å². The molecule has 4 rings (SSSR count). The van der Waals surface area contributed by atoms with Crippen LogP contribution in [0.3, 0.4) is 0 Å². The van der Waals surface area contributed by atoms with Gasteiger partial charge in [-0.3, -0.25) is 0 Å². The lowest BCUT2D eigenvalue weighted by Gasteiger charge is -2.11. The highest BCUT2D eigenvalue weighted by Crippen LogP contribution is 2.37. The second-order valence-electron chi connectivity index (χ2n) is 8.94. The second kappa shape index (κ2) is 12.3. The number of hydrogen-bond donors (Lipinski definition) is 2. The maximum atomic E-state index is 12.0. The summed E-state index contributed by atoms with van der Waals surface area (Å²) in [5.41, 5.74) is 3.78. The van der Waals surface area contributed by atoms with Crippen molar-refractivity contribution in [1.82, 2.24) is 9.97 Å². The van der Waals surface area contributed by atoms with E-state index in [1.807, 2.05) is 43.5 Å². The van der Waals surface area contributed by atoms with Gasteiger partial charge in [-0.1, -0.05) is 19.9 Å². The molecular formula is C28H31N3O4S2. The van der Waals surface area contributed by atoms with Crippen LogP contribution in [0.25, 0.3) is 21.7 Å². The number of ether oxygens (including phenoxy) is 2. The number of aromatic carboxylic acids is 1. The maximum absolute atomic E-state index is 12.0. The number of nitrogens with one attached hydrogen (secondary N) is 1. The van der Waals surface area contributed by atoms with Gasteiger partial charge in [-0.05, 0) is 67.5 Å². The van der Waals surface area contributed by atoms with Gasteiger partial charge in [0, 0.05) is 33.7 Å². The van der Waals surface area contributed by atoms with Crippen molar-refractivity contribution in [2.45, 2.75) is 34.1 Å². The predicted octanol–water partition coefficient (Wildman–Crippen LogP) is 7.30. The molecule has 3 heterocycles. The van der Waals surface area contributed by atoms with Crippen LogP contribution < -0.4 is 10.1 Å². The van der Waals surface area contributed by atoms with Gasteiger partial charge in [-0.25, -0.2) is 14.8 Å². The Morgan fingerprint density at radius 1 is 1.16 bits per heavy atom. The van der Waals surface area contributed by atoms with Crippen LogP contribution in [0.1, 0.15) is 41.6 Å². The van der Waals surface area contributed by atoms with Crippen molar-refractivity contribution in [2.75, 3.05) is 25.1 Å². The maximum Gasteiger partial charge on any atom is 0.339 e. The molecule has 0 unspecified atom stereocenters. The summed E-state index contributed by atoms with van der Waals surface area (Å²) in [6, 6.07) is 11.6. The largest absolute Gasteiger partial charge is 0.491 e. The average Bonchev–Trinajstić information content (AvgIpc) is 3.53. The Kier molecular flexibility index (Phi) is 8.91. The first-order valence-electron chi connectivity index (χ1n) is 12.2. The highest BCUT2D eigenvalue weighted by atomic mass is 32.1. The lowest BCUT2D eigenvalue weighted by atomic mass is 10.0. The number of anilines is 2. The van der Waals surface area contributed by atoms with E-state index in [0.717, 1.165) is 44.3 Å². The van der Waals surface area contributed by atoms with E-state index >= 15 is 0 Å². The number of thiazole rings is 1. The van der Waals surface area contributed by atoms with Crippen LogP contribution in [-0.2, 0) is 11.2 Å². The van der Waals surface area contributed by atoms with Gasteiger partial charge in [0.2, 0.25) is 0 Å². The molecule has 4 aromatic rings. The van der Waals surface area contributed by atoms with Crippen molar-refractivity contribution in [2.24, 2.45) is 5.92 Å². The molecule has 0 aliphatic heterocycles. The number of pyridine rings is 1. The van der Waals surface area contributed by atoms with E-state index in [2.05, 4.69) is 30.2 Å². The lowest BCUT2D eigenvalue weighted by Crippen LogP contribution is -2.07. The molecule has 0 fully saturated rings. The Labute approximate surface area is 225 Å². The van der Waals surface area contributed by atoms with E-state index in [1.54, 1.807) is 23.6 Å². The Bertz CT molecular complexity index is 1350. The first kappa shape index (κ1) is 26.8. The minimum absolute atomic E-state index is 0.109. The van der Waals surface area contributed by atoms with Crippen molar-refractivity contribution in [3.05, 3.63) is 64.0 Å². The molecule has 0 amide bonds. The fraction of sp³-hybridized carbons (Fsp3) is 0.321. The third-order valence-corrected chi connectivity index (χ3v) is 7.49. The molecule has 0 aliphatic rings. The van der Waals surface area contributed by atoms with Crippen molar-refractivity contribution < 1.29 is 19.4 Å². The second-order valence-corrected chi connectivity index (χ2v) is 11.0. The molecule has 1 aromatic carbocycles. The van der Waals surface area contributed by atoms with Crippen LogP contribution in [0.15, 0.2) is 48.0 Å². The monoisotopic (exact) mass is 537 g/mol. The topological polar surface area (TPSA) is 93.6 Å². The molecule has 0 aliphatic carbocycles. The SMILES string of the molecule is CCOCCOc1ccc(-c2nc(Nc3ncc(-c4cccs4)cc3C(=O)O)sc2CC(C)C)cc1C. The van der Waals surface area contributed by atoms with Crippen LogP contribution in [0.4, 0.5) is 10.9 Å². The van der Waals surface area contributed by atoms with E-state index in [0.29, 0.717) is 30.9 Å². The summed E-state index contributed by atoms with van der Waals surface area (Å²) in [4.78, 5) is 23.5. The first-order chi connectivity index (χ1) is 17.9. The average molecular weight is 538 g/mol. The van der Waals surface area contributed by atoms with Crippen molar-refractivity contribution in [3.8, 4) is 27.4 Å². The molecule has 3 aromatic heterocycles. The fourth-order valence-corrected chi connectivity index (χ4v) is 5.76. The van der Waals surface area contributed by atoms with E-state index in [9.17, 15) is 9.90 Å². The lowest BCUT2D eigenvalue weighted by molar-refractivity contribution is 0.0697. The van der Waals surface area contributed by atoms with Crippen LogP contribution >= 0.6 is 22.7 Å². The molecule has 9 heteroatoms. The molecule has 194 valence electrons.